The molecule has 2 N–H and O–H groups in total. The van der Waals surface area contributed by atoms with E-state index in [0.717, 1.165) is 37.7 Å². The van der Waals surface area contributed by atoms with Crippen molar-refractivity contribution in [2.24, 2.45) is 23.7 Å². The van der Waals surface area contributed by atoms with Crippen molar-refractivity contribution in [1.82, 2.24) is 10.2 Å². The number of ether oxygens (including phenoxy) is 1. The van der Waals surface area contributed by atoms with Crippen LogP contribution in [0.1, 0.15) is 37.9 Å². The number of rotatable bonds is 7. The van der Waals surface area contributed by atoms with Gasteiger partial charge in [0.25, 0.3) is 0 Å². The number of benzene rings is 2. The molecule has 9 heteroatoms. The van der Waals surface area contributed by atoms with Crippen molar-refractivity contribution in [2.75, 3.05) is 5.32 Å². The van der Waals surface area contributed by atoms with Crippen molar-refractivity contribution in [2.45, 2.75) is 50.7 Å². The summed E-state index contributed by atoms with van der Waals surface area (Å²) in [5.74, 6) is -1.37. The zero-order valence-corrected chi connectivity index (χ0v) is 24.9. The predicted octanol–water partition coefficient (Wildman–Crippen LogP) is 6.30. The van der Waals surface area contributed by atoms with Crippen LogP contribution in [0.3, 0.4) is 0 Å². The number of anilines is 1. The fourth-order valence-corrected chi connectivity index (χ4v) is 7.35. The van der Waals surface area contributed by atoms with Gasteiger partial charge in [0.2, 0.25) is 17.7 Å². The van der Waals surface area contributed by atoms with Gasteiger partial charge in [-0.1, -0.05) is 49.1 Å². The van der Waals surface area contributed by atoms with Crippen molar-refractivity contribution in [3.63, 3.8) is 0 Å². The van der Waals surface area contributed by atoms with E-state index in [1.165, 1.54) is 0 Å². The van der Waals surface area contributed by atoms with Crippen molar-refractivity contribution >= 4 is 35.0 Å². The molecule has 8 nitrogen and oxygen atoms in total. The molecule has 226 valence electrons. The molecule has 2 aromatic carbocycles. The molecular weight excluding hydrogens is 578 g/mol. The molecule has 3 heterocycles. The number of likely N-dealkylation sites (tertiary alicyclic amines) is 1. The van der Waals surface area contributed by atoms with Crippen molar-refractivity contribution in [1.29, 1.82) is 0 Å². The summed E-state index contributed by atoms with van der Waals surface area (Å²) in [6.45, 7) is 0.0970. The van der Waals surface area contributed by atoms with Crippen molar-refractivity contribution in [3.05, 3.63) is 102 Å². The molecule has 44 heavy (non-hydrogen) atoms. The molecule has 0 spiro atoms. The smallest absolute Gasteiger partial charge is 0.243 e. The number of allylic oxidation sites excluding steroid dienone is 1. The minimum Gasteiger partial charge on any atom is -0.469 e. The first-order chi connectivity index (χ1) is 21.5. The highest BCUT2D eigenvalue weighted by atomic mass is 35.5. The van der Waals surface area contributed by atoms with E-state index in [1.807, 2.05) is 66.7 Å². The summed E-state index contributed by atoms with van der Waals surface area (Å²) in [5, 5.41) is 6.88. The molecule has 0 bridgehead atoms. The van der Waals surface area contributed by atoms with Gasteiger partial charge in [-0.15, -0.1) is 0 Å². The van der Waals surface area contributed by atoms with Gasteiger partial charge >= 0.3 is 0 Å². The van der Waals surface area contributed by atoms with E-state index >= 15 is 0 Å². The summed E-state index contributed by atoms with van der Waals surface area (Å²) in [4.78, 5) is 44.0. The highest BCUT2D eigenvalue weighted by Gasteiger charge is 2.59. The Balaban J connectivity index is 1.22. The van der Waals surface area contributed by atoms with Gasteiger partial charge in [0, 0.05) is 28.2 Å². The highest BCUT2D eigenvalue weighted by molar-refractivity contribution is 6.30. The maximum atomic E-state index is 14.4. The Morgan fingerprint density at radius 1 is 0.932 bits per heavy atom. The van der Waals surface area contributed by atoms with Gasteiger partial charge in [-0.05, 0) is 73.5 Å². The third kappa shape index (κ3) is 5.43. The van der Waals surface area contributed by atoms with Crippen LogP contribution in [0.4, 0.5) is 5.69 Å². The van der Waals surface area contributed by atoms with Crippen LogP contribution in [0.5, 0.6) is 0 Å². The van der Waals surface area contributed by atoms with Gasteiger partial charge in [-0.3, -0.25) is 14.4 Å². The third-order valence-corrected chi connectivity index (χ3v) is 9.57. The first kappa shape index (κ1) is 28.5. The van der Waals surface area contributed by atoms with Gasteiger partial charge in [0.15, 0.2) is 0 Å². The van der Waals surface area contributed by atoms with E-state index in [1.54, 1.807) is 23.3 Å². The monoisotopic (exact) mass is 611 g/mol. The number of nitrogens with zero attached hydrogens (tertiary/aromatic N) is 1. The summed E-state index contributed by atoms with van der Waals surface area (Å²) in [5.41, 5.74) is 1.50. The predicted molar refractivity (Wildman–Crippen MR) is 166 cm³/mol. The Morgan fingerprint density at radius 2 is 1.70 bits per heavy atom. The van der Waals surface area contributed by atoms with Gasteiger partial charge in [0.1, 0.15) is 23.3 Å². The third-order valence-electron chi connectivity index (χ3n) is 9.31. The minimum atomic E-state index is -0.816. The fraction of sp³-hybridized carbons (Fsp3) is 0.343. The number of fused-ring (bicyclic) bond motifs is 2. The van der Waals surface area contributed by atoms with Crippen molar-refractivity contribution < 1.29 is 23.5 Å². The number of para-hydroxylation sites is 1. The lowest BCUT2D eigenvalue weighted by molar-refractivity contribution is -0.140. The molecule has 0 radical (unpaired) electrons. The number of carbonyl (C=O) groups excluding carboxylic acids is 3. The molecule has 1 saturated carbocycles. The molecule has 7 rings (SSSR count). The fourth-order valence-electron chi connectivity index (χ4n) is 7.22. The molecule has 3 amide bonds. The first-order valence-corrected chi connectivity index (χ1v) is 15.7. The van der Waals surface area contributed by atoms with Gasteiger partial charge < -0.3 is 24.7 Å². The van der Waals surface area contributed by atoms with Crippen LogP contribution >= 0.6 is 11.6 Å². The summed E-state index contributed by atoms with van der Waals surface area (Å²) in [6, 6.07) is 19.5. The van der Waals surface area contributed by atoms with Crippen LogP contribution < -0.4 is 10.6 Å². The molecule has 1 aromatic heterocycles. The largest absolute Gasteiger partial charge is 0.469 e. The molecule has 2 aliphatic heterocycles. The number of amides is 3. The lowest BCUT2D eigenvalue weighted by Crippen LogP contribution is -2.50. The van der Waals surface area contributed by atoms with E-state index in [9.17, 15) is 14.4 Å². The Kier molecular flexibility index (Phi) is 7.77. The SMILES string of the molecule is O=C(NC1CCCCC1)[C@@H]1[C@@H]2C=C3OC=C[C@@H]3[C@@H](C(=O)Nc3ccccc3)C2C(=O)N1Cc1ccc(-c2ccc(Cl)cc2)o1. The summed E-state index contributed by atoms with van der Waals surface area (Å²) >= 11 is 6.06. The number of hydrogen-bond acceptors (Lipinski definition) is 5. The molecule has 1 saturated heterocycles. The van der Waals surface area contributed by atoms with E-state index in [0.29, 0.717) is 28.0 Å². The molecule has 5 atom stereocenters. The number of hydrogen-bond donors (Lipinski definition) is 2. The second-order valence-electron chi connectivity index (χ2n) is 12.1. The maximum Gasteiger partial charge on any atom is 0.243 e. The standard InChI is InChI=1S/C35H34ClN3O5/c36-22-13-11-21(12-14-22)28-16-15-25(44-28)20-39-32(34(41)38-24-9-5-2-6-10-24)27-19-29-26(17-18-43-29)30(31(27)35(39)42)33(40)37-23-7-3-1-4-8-23/h1,3-4,7-8,11-19,24,26-27,30-32H,2,5-6,9-10,20H2,(H,37,40)(H,38,41)/t26-,27+,30+,31?,32-/m0/s1. The quantitative estimate of drug-likeness (QED) is 0.326. The molecule has 3 aromatic rings. The van der Waals surface area contributed by atoms with E-state index in [4.69, 9.17) is 20.8 Å². The zero-order chi connectivity index (χ0) is 30.2. The molecular formula is C35H34ClN3O5. The first-order valence-electron chi connectivity index (χ1n) is 15.3. The van der Waals surface area contributed by atoms with E-state index in [2.05, 4.69) is 10.6 Å². The second-order valence-corrected chi connectivity index (χ2v) is 12.5. The lowest BCUT2D eigenvalue weighted by atomic mass is 9.69. The van der Waals surface area contributed by atoms with E-state index in [-0.39, 0.29) is 30.3 Å². The topological polar surface area (TPSA) is 101 Å². The summed E-state index contributed by atoms with van der Waals surface area (Å²) in [6.07, 6.45) is 10.4. The number of carbonyl (C=O) groups is 3. The average Bonchev–Trinajstić information content (AvgIpc) is 3.76. The minimum absolute atomic E-state index is 0.0675. The summed E-state index contributed by atoms with van der Waals surface area (Å²) < 4.78 is 12.0. The summed E-state index contributed by atoms with van der Waals surface area (Å²) in [7, 11) is 0. The van der Waals surface area contributed by atoms with Crippen molar-refractivity contribution in [3.8, 4) is 11.3 Å². The number of halogens is 1. The average molecular weight is 612 g/mol. The zero-order valence-electron chi connectivity index (χ0n) is 24.2. The lowest BCUT2D eigenvalue weighted by Gasteiger charge is -2.34. The van der Waals surface area contributed by atoms with Crippen LogP contribution in [0.25, 0.3) is 11.3 Å². The van der Waals surface area contributed by atoms with Gasteiger partial charge in [0.05, 0.1) is 30.6 Å². The molecule has 1 unspecified atom stereocenters. The van der Waals surface area contributed by atoms with Gasteiger partial charge in [-0.25, -0.2) is 0 Å². The number of nitrogens with one attached hydrogen (secondary N) is 2. The molecule has 4 aliphatic rings. The van der Waals surface area contributed by atoms with E-state index < -0.39 is 29.7 Å². The normalized spacial score (nSPS) is 26.0. The Bertz CT molecular complexity index is 1610. The molecule has 2 aliphatic carbocycles. The number of furan rings is 1. The highest BCUT2D eigenvalue weighted by Crippen LogP contribution is 2.49. The van der Waals surface area contributed by atoms with Crippen LogP contribution in [0.15, 0.2) is 95.3 Å². The molecule has 2 fully saturated rings. The van der Waals surface area contributed by atoms with Crippen LogP contribution in [0.2, 0.25) is 5.02 Å². The Labute approximate surface area is 261 Å². The van der Waals surface area contributed by atoms with Crippen LogP contribution in [-0.2, 0) is 25.7 Å². The Hall–Kier alpha value is -4.30. The van der Waals surface area contributed by atoms with Crippen LogP contribution in [-0.4, -0.2) is 34.7 Å². The Morgan fingerprint density at radius 3 is 2.48 bits per heavy atom. The maximum absolute atomic E-state index is 14.4. The second kappa shape index (κ2) is 12.0. The van der Waals surface area contributed by atoms with Crippen LogP contribution in [0, 0.1) is 23.7 Å². The van der Waals surface area contributed by atoms with Gasteiger partial charge in [-0.2, -0.15) is 0 Å².